The van der Waals surface area contributed by atoms with E-state index in [1.165, 1.54) is 12.8 Å². The summed E-state index contributed by atoms with van der Waals surface area (Å²) in [5.41, 5.74) is 2.96. The summed E-state index contributed by atoms with van der Waals surface area (Å²) in [4.78, 5) is 13.9. The average molecular weight is 319 g/mol. The minimum Gasteiger partial charge on any atom is -0.460 e. The Balaban J connectivity index is 1.85. The molecule has 0 bridgehead atoms. The van der Waals surface area contributed by atoms with Crippen molar-refractivity contribution in [1.82, 2.24) is 10.2 Å². The fraction of sp³-hybridized carbons (Fsp3) is 0.625. The molecule has 0 spiro atoms. The van der Waals surface area contributed by atoms with Gasteiger partial charge in [0.15, 0.2) is 11.6 Å². The van der Waals surface area contributed by atoms with Gasteiger partial charge in [-0.25, -0.2) is 0 Å². The Labute approximate surface area is 137 Å². The molecule has 1 aromatic heterocycles. The van der Waals surface area contributed by atoms with Crippen LogP contribution in [-0.2, 0) is 9.53 Å². The first-order chi connectivity index (χ1) is 10.8. The van der Waals surface area contributed by atoms with Crippen molar-refractivity contribution in [2.75, 3.05) is 23.4 Å². The standard InChI is InChI=1S/C16H25N5O2/c1-12(11-15(22)23-16(2,3)4)17-18-13-7-8-14(20-19-13)21-9-5-6-10-21/h7-8H,5-6,9-11H2,1-4H3,(H,18,19)/b17-12+. The van der Waals surface area contributed by atoms with Gasteiger partial charge in [-0.1, -0.05) is 0 Å². The molecule has 23 heavy (non-hydrogen) atoms. The third-order valence-corrected chi connectivity index (χ3v) is 3.26. The van der Waals surface area contributed by atoms with Crippen LogP contribution in [0.4, 0.5) is 11.6 Å². The molecule has 0 saturated carbocycles. The van der Waals surface area contributed by atoms with Gasteiger partial charge in [0.2, 0.25) is 0 Å². The maximum absolute atomic E-state index is 11.7. The lowest BCUT2D eigenvalue weighted by molar-refractivity contribution is -0.153. The highest BCUT2D eigenvalue weighted by molar-refractivity contribution is 5.97. The summed E-state index contributed by atoms with van der Waals surface area (Å²) in [6.07, 6.45) is 2.55. The predicted octanol–water partition coefficient (Wildman–Crippen LogP) is 2.60. The van der Waals surface area contributed by atoms with E-state index in [0.29, 0.717) is 11.5 Å². The van der Waals surface area contributed by atoms with E-state index >= 15 is 0 Å². The number of carbonyl (C=O) groups is 1. The van der Waals surface area contributed by atoms with E-state index in [0.717, 1.165) is 18.9 Å². The van der Waals surface area contributed by atoms with Crippen LogP contribution in [0.5, 0.6) is 0 Å². The minimum absolute atomic E-state index is 0.142. The van der Waals surface area contributed by atoms with Gasteiger partial charge >= 0.3 is 5.97 Å². The Morgan fingerprint density at radius 1 is 1.30 bits per heavy atom. The van der Waals surface area contributed by atoms with E-state index in [1.807, 2.05) is 32.9 Å². The van der Waals surface area contributed by atoms with Crippen molar-refractivity contribution in [2.45, 2.75) is 52.6 Å². The molecule has 0 unspecified atom stereocenters. The van der Waals surface area contributed by atoms with Crippen LogP contribution in [0.3, 0.4) is 0 Å². The lowest BCUT2D eigenvalue weighted by Crippen LogP contribution is -2.25. The molecule has 0 radical (unpaired) electrons. The Morgan fingerprint density at radius 2 is 2.00 bits per heavy atom. The number of hydrogen-bond acceptors (Lipinski definition) is 7. The molecule has 0 atom stereocenters. The lowest BCUT2D eigenvalue weighted by atomic mass is 10.2. The van der Waals surface area contributed by atoms with Crippen molar-refractivity contribution in [1.29, 1.82) is 0 Å². The third kappa shape index (κ3) is 5.84. The summed E-state index contributed by atoms with van der Waals surface area (Å²) >= 11 is 0. The van der Waals surface area contributed by atoms with Gasteiger partial charge in [-0.2, -0.15) is 5.10 Å². The van der Waals surface area contributed by atoms with Crippen molar-refractivity contribution >= 4 is 23.3 Å². The molecule has 1 N–H and O–H groups in total. The van der Waals surface area contributed by atoms with Crippen LogP contribution in [0, 0.1) is 0 Å². The van der Waals surface area contributed by atoms with E-state index < -0.39 is 5.60 Å². The summed E-state index contributed by atoms with van der Waals surface area (Å²) in [5.74, 6) is 1.15. The van der Waals surface area contributed by atoms with Crippen LogP contribution in [0.15, 0.2) is 17.2 Å². The topological polar surface area (TPSA) is 79.7 Å². The molecule has 126 valence electrons. The van der Waals surface area contributed by atoms with E-state index in [1.54, 1.807) is 6.92 Å². The SMILES string of the molecule is C/C(CC(=O)OC(C)(C)C)=N\Nc1ccc(N2CCCC2)nn1. The molecule has 1 saturated heterocycles. The second-order valence-electron chi connectivity index (χ2n) is 6.69. The van der Waals surface area contributed by atoms with Gasteiger partial charge in [0.1, 0.15) is 5.60 Å². The van der Waals surface area contributed by atoms with Gasteiger partial charge in [-0.05, 0) is 52.7 Å². The maximum atomic E-state index is 11.7. The largest absolute Gasteiger partial charge is 0.460 e. The molecular weight excluding hydrogens is 294 g/mol. The van der Waals surface area contributed by atoms with Crippen molar-refractivity contribution in [3.63, 3.8) is 0 Å². The molecule has 1 aromatic rings. The number of rotatable bonds is 5. The molecule has 2 rings (SSSR count). The lowest BCUT2D eigenvalue weighted by Gasteiger charge is -2.19. The molecule has 1 aliphatic rings. The van der Waals surface area contributed by atoms with E-state index in [2.05, 4.69) is 25.6 Å². The number of carbonyl (C=O) groups excluding carboxylic acids is 1. The number of nitrogens with zero attached hydrogens (tertiary/aromatic N) is 4. The molecule has 1 fully saturated rings. The second-order valence-corrected chi connectivity index (χ2v) is 6.69. The zero-order valence-corrected chi connectivity index (χ0v) is 14.3. The molecular formula is C16H25N5O2. The van der Waals surface area contributed by atoms with Crippen LogP contribution in [0.25, 0.3) is 0 Å². The quantitative estimate of drug-likeness (QED) is 0.510. The Bertz CT molecular complexity index is 557. The smallest absolute Gasteiger partial charge is 0.312 e. The number of hydrogen-bond donors (Lipinski definition) is 1. The van der Waals surface area contributed by atoms with Gasteiger partial charge < -0.3 is 9.64 Å². The highest BCUT2D eigenvalue weighted by Gasteiger charge is 2.17. The molecule has 7 heteroatoms. The molecule has 0 aliphatic carbocycles. The van der Waals surface area contributed by atoms with Crippen LogP contribution >= 0.6 is 0 Å². The number of nitrogens with one attached hydrogen (secondary N) is 1. The zero-order valence-electron chi connectivity index (χ0n) is 14.3. The molecule has 2 heterocycles. The highest BCUT2D eigenvalue weighted by atomic mass is 16.6. The average Bonchev–Trinajstić information content (AvgIpc) is 2.97. The van der Waals surface area contributed by atoms with Crippen LogP contribution in [0.1, 0.15) is 47.0 Å². The van der Waals surface area contributed by atoms with E-state index in [9.17, 15) is 4.79 Å². The Hall–Kier alpha value is -2.18. The Morgan fingerprint density at radius 3 is 2.57 bits per heavy atom. The van der Waals surface area contributed by atoms with Crippen LogP contribution < -0.4 is 10.3 Å². The van der Waals surface area contributed by atoms with E-state index in [-0.39, 0.29) is 12.4 Å². The number of anilines is 2. The second kappa shape index (κ2) is 7.39. The molecule has 7 nitrogen and oxygen atoms in total. The summed E-state index contributed by atoms with van der Waals surface area (Å²) in [6, 6.07) is 3.77. The van der Waals surface area contributed by atoms with Gasteiger partial charge in [-0.15, -0.1) is 10.2 Å². The maximum Gasteiger partial charge on any atom is 0.312 e. The number of aromatic nitrogens is 2. The van der Waals surface area contributed by atoms with Crippen molar-refractivity contribution < 1.29 is 9.53 Å². The first-order valence-corrected chi connectivity index (χ1v) is 7.93. The first kappa shape index (κ1) is 17.2. The first-order valence-electron chi connectivity index (χ1n) is 7.93. The Kier molecular flexibility index (Phi) is 5.52. The van der Waals surface area contributed by atoms with Gasteiger partial charge in [0.05, 0.1) is 6.42 Å². The van der Waals surface area contributed by atoms with Crippen molar-refractivity contribution in [3.05, 3.63) is 12.1 Å². The van der Waals surface area contributed by atoms with Crippen LogP contribution in [-0.4, -0.2) is 40.6 Å². The number of esters is 1. The summed E-state index contributed by atoms with van der Waals surface area (Å²) in [5, 5.41) is 12.4. The predicted molar refractivity (Wildman–Crippen MR) is 90.7 cm³/mol. The normalized spacial score (nSPS) is 15.7. The summed E-state index contributed by atoms with van der Waals surface area (Å²) in [6.45, 7) is 9.36. The molecule has 0 aromatic carbocycles. The van der Waals surface area contributed by atoms with Crippen molar-refractivity contribution in [2.24, 2.45) is 5.10 Å². The summed E-state index contributed by atoms with van der Waals surface area (Å²) in [7, 11) is 0. The minimum atomic E-state index is -0.484. The molecule has 0 amide bonds. The monoisotopic (exact) mass is 319 g/mol. The van der Waals surface area contributed by atoms with E-state index in [4.69, 9.17) is 4.74 Å². The fourth-order valence-electron chi connectivity index (χ4n) is 2.28. The van der Waals surface area contributed by atoms with Gasteiger partial charge in [-0.3, -0.25) is 10.2 Å². The van der Waals surface area contributed by atoms with Crippen LogP contribution in [0.2, 0.25) is 0 Å². The van der Waals surface area contributed by atoms with Gasteiger partial charge in [0.25, 0.3) is 0 Å². The number of hydrazone groups is 1. The number of ether oxygens (including phenoxy) is 1. The van der Waals surface area contributed by atoms with Crippen molar-refractivity contribution in [3.8, 4) is 0 Å². The summed E-state index contributed by atoms with van der Waals surface area (Å²) < 4.78 is 5.25. The third-order valence-electron chi connectivity index (χ3n) is 3.26. The zero-order chi connectivity index (χ0) is 16.9. The highest BCUT2D eigenvalue weighted by Crippen LogP contribution is 2.17. The molecule has 1 aliphatic heterocycles. The fourth-order valence-corrected chi connectivity index (χ4v) is 2.28. The van der Waals surface area contributed by atoms with Gasteiger partial charge in [0, 0.05) is 18.8 Å².